The number of hydrogen-bond acceptors (Lipinski definition) is 3. The zero-order valence-electron chi connectivity index (χ0n) is 7.84. The maximum absolute atomic E-state index is 11.5. The average Bonchev–Trinajstić information content (AvgIpc) is 2.68. The molecule has 2 heterocycles. The van der Waals surface area contributed by atoms with E-state index in [-0.39, 0.29) is 11.9 Å². The Morgan fingerprint density at radius 1 is 1.69 bits per heavy atom. The molecule has 1 unspecified atom stereocenters. The van der Waals surface area contributed by atoms with Gasteiger partial charge in [0, 0.05) is 19.1 Å². The molecule has 1 saturated heterocycles. The van der Waals surface area contributed by atoms with E-state index in [2.05, 4.69) is 5.32 Å². The summed E-state index contributed by atoms with van der Waals surface area (Å²) in [7, 11) is 0. The van der Waals surface area contributed by atoms with E-state index in [9.17, 15) is 4.79 Å². The molecule has 0 aromatic carbocycles. The van der Waals surface area contributed by atoms with Crippen molar-refractivity contribution in [1.82, 2.24) is 10.2 Å². The Bertz CT molecular complexity index is 272. The molecule has 0 spiro atoms. The van der Waals surface area contributed by atoms with Crippen molar-refractivity contribution < 1.29 is 4.79 Å². The van der Waals surface area contributed by atoms with Crippen LogP contribution in [-0.4, -0.2) is 29.9 Å². The molecule has 2 rings (SSSR count). The molecule has 1 amide bonds. The molecule has 0 aromatic heterocycles. The van der Waals surface area contributed by atoms with Gasteiger partial charge in [0.05, 0.1) is 6.42 Å². The molecule has 3 N–H and O–H groups in total. The van der Waals surface area contributed by atoms with Gasteiger partial charge >= 0.3 is 0 Å². The number of fused-ring (bicyclic) bond motifs is 1. The van der Waals surface area contributed by atoms with E-state index in [4.69, 9.17) is 5.73 Å². The molecule has 4 nitrogen and oxygen atoms in total. The largest absolute Gasteiger partial charge is 0.370 e. The highest BCUT2D eigenvalue weighted by atomic mass is 16.2. The van der Waals surface area contributed by atoms with Crippen LogP contribution in [0.4, 0.5) is 0 Å². The maximum atomic E-state index is 11.5. The molecule has 0 radical (unpaired) electrons. The van der Waals surface area contributed by atoms with E-state index in [0.717, 1.165) is 30.9 Å². The van der Waals surface area contributed by atoms with Gasteiger partial charge < -0.3 is 11.1 Å². The summed E-state index contributed by atoms with van der Waals surface area (Å²) in [5, 5.41) is 3.22. The van der Waals surface area contributed by atoms with E-state index in [1.165, 1.54) is 0 Å². The lowest BCUT2D eigenvalue weighted by molar-refractivity contribution is -0.126. The van der Waals surface area contributed by atoms with E-state index in [1.54, 1.807) is 0 Å². The van der Waals surface area contributed by atoms with Gasteiger partial charge in [-0.25, -0.2) is 0 Å². The van der Waals surface area contributed by atoms with Crippen LogP contribution in [0, 0.1) is 0 Å². The highest BCUT2D eigenvalue weighted by molar-refractivity contribution is 5.85. The number of nitrogens with zero attached hydrogens (tertiary/aromatic N) is 1. The van der Waals surface area contributed by atoms with Gasteiger partial charge in [-0.2, -0.15) is 0 Å². The third-order valence-electron chi connectivity index (χ3n) is 2.73. The Labute approximate surface area is 77.8 Å². The summed E-state index contributed by atoms with van der Waals surface area (Å²) in [5.74, 6) is 1.18. The molecular formula is C9H15N3O. The van der Waals surface area contributed by atoms with Crippen molar-refractivity contribution in [1.29, 1.82) is 0 Å². The van der Waals surface area contributed by atoms with Crippen LogP contribution in [0.25, 0.3) is 0 Å². The molecule has 72 valence electrons. The lowest BCUT2D eigenvalue weighted by atomic mass is 10.0. The molecule has 0 aromatic rings. The fourth-order valence-electron chi connectivity index (χ4n) is 1.92. The summed E-state index contributed by atoms with van der Waals surface area (Å²) in [6.07, 6.45) is 1.40. The minimum Gasteiger partial charge on any atom is -0.370 e. The molecule has 1 atom stereocenters. The van der Waals surface area contributed by atoms with Crippen molar-refractivity contribution >= 4 is 5.91 Å². The summed E-state index contributed by atoms with van der Waals surface area (Å²) < 4.78 is 0. The van der Waals surface area contributed by atoms with Gasteiger partial charge in [-0.1, -0.05) is 6.92 Å². The third-order valence-corrected chi connectivity index (χ3v) is 2.73. The number of rotatable bonds is 2. The summed E-state index contributed by atoms with van der Waals surface area (Å²) in [6, 6.07) is 0.0366. The van der Waals surface area contributed by atoms with E-state index < -0.39 is 0 Å². The zero-order chi connectivity index (χ0) is 9.42. The number of amides is 1. The smallest absolute Gasteiger partial charge is 0.232 e. The van der Waals surface area contributed by atoms with Crippen molar-refractivity contribution in [2.45, 2.75) is 25.8 Å². The predicted molar refractivity (Wildman–Crippen MR) is 49.6 cm³/mol. The quantitative estimate of drug-likeness (QED) is 0.618. The minimum atomic E-state index is 0.0366. The maximum Gasteiger partial charge on any atom is 0.232 e. The van der Waals surface area contributed by atoms with Crippen LogP contribution in [0.15, 0.2) is 11.4 Å². The van der Waals surface area contributed by atoms with Gasteiger partial charge in [-0.3, -0.25) is 9.69 Å². The summed E-state index contributed by atoms with van der Waals surface area (Å²) in [6.45, 7) is 3.70. The number of nitrogens with two attached hydrogens (primary N) is 1. The Kier molecular flexibility index (Phi) is 2.00. The highest BCUT2D eigenvalue weighted by Gasteiger charge is 2.34. The van der Waals surface area contributed by atoms with Gasteiger partial charge in [-0.05, 0) is 12.0 Å². The van der Waals surface area contributed by atoms with Crippen LogP contribution in [0.1, 0.15) is 19.8 Å². The molecule has 2 aliphatic heterocycles. The van der Waals surface area contributed by atoms with Crippen molar-refractivity contribution in [2.75, 3.05) is 13.1 Å². The Morgan fingerprint density at radius 3 is 3.15 bits per heavy atom. The fourth-order valence-corrected chi connectivity index (χ4v) is 1.92. The lowest BCUT2D eigenvalue weighted by Gasteiger charge is -2.11. The minimum absolute atomic E-state index is 0.0366. The Balaban J connectivity index is 2.26. The second-order valence-electron chi connectivity index (χ2n) is 3.54. The topological polar surface area (TPSA) is 58.4 Å². The van der Waals surface area contributed by atoms with Crippen molar-refractivity contribution in [3.8, 4) is 0 Å². The molecule has 1 fully saturated rings. The highest BCUT2D eigenvalue weighted by Crippen LogP contribution is 2.27. The van der Waals surface area contributed by atoms with Crippen LogP contribution in [-0.2, 0) is 4.79 Å². The fraction of sp³-hybridized carbons (Fsp3) is 0.667. The van der Waals surface area contributed by atoms with Crippen molar-refractivity contribution in [2.24, 2.45) is 5.73 Å². The van der Waals surface area contributed by atoms with Gasteiger partial charge in [0.1, 0.15) is 5.82 Å². The van der Waals surface area contributed by atoms with E-state index in [1.807, 2.05) is 11.8 Å². The van der Waals surface area contributed by atoms with Gasteiger partial charge in [-0.15, -0.1) is 0 Å². The third kappa shape index (κ3) is 1.21. The van der Waals surface area contributed by atoms with Crippen LogP contribution < -0.4 is 11.1 Å². The first-order chi connectivity index (χ1) is 6.24. The molecule has 0 saturated carbocycles. The molecule has 0 aliphatic carbocycles. The number of carbonyl (C=O) groups excluding carboxylic acids is 1. The first kappa shape index (κ1) is 8.56. The summed E-state index contributed by atoms with van der Waals surface area (Å²) in [5.41, 5.74) is 7.01. The first-order valence-corrected chi connectivity index (χ1v) is 4.77. The van der Waals surface area contributed by atoms with E-state index >= 15 is 0 Å². The first-order valence-electron chi connectivity index (χ1n) is 4.77. The second kappa shape index (κ2) is 3.03. The number of carbonyl (C=O) groups is 1. The normalized spacial score (nSPS) is 23.5. The molecule has 13 heavy (non-hydrogen) atoms. The molecular weight excluding hydrogens is 166 g/mol. The Morgan fingerprint density at radius 2 is 2.46 bits per heavy atom. The SMILES string of the molecule is CCC(N)C1=C2NCCN2C(=O)C1. The number of nitrogens with one attached hydrogen (secondary N) is 1. The van der Waals surface area contributed by atoms with Crippen LogP contribution in [0.5, 0.6) is 0 Å². The van der Waals surface area contributed by atoms with Gasteiger partial charge in [0.2, 0.25) is 5.91 Å². The molecule has 4 heteroatoms. The zero-order valence-corrected chi connectivity index (χ0v) is 7.84. The monoisotopic (exact) mass is 181 g/mol. The molecule has 2 aliphatic rings. The molecule has 0 bridgehead atoms. The standard InChI is InChI=1S/C9H15N3O/c1-2-7(10)6-5-8(13)12-4-3-11-9(6)12/h7,11H,2-5,10H2,1H3. The lowest BCUT2D eigenvalue weighted by Crippen LogP contribution is -2.24. The summed E-state index contributed by atoms with van der Waals surface area (Å²) in [4.78, 5) is 13.3. The van der Waals surface area contributed by atoms with Gasteiger partial charge in [0.25, 0.3) is 0 Å². The summed E-state index contributed by atoms with van der Waals surface area (Å²) >= 11 is 0. The van der Waals surface area contributed by atoms with Crippen LogP contribution >= 0.6 is 0 Å². The second-order valence-corrected chi connectivity index (χ2v) is 3.54. The average molecular weight is 181 g/mol. The van der Waals surface area contributed by atoms with E-state index in [0.29, 0.717) is 6.42 Å². The van der Waals surface area contributed by atoms with Crippen molar-refractivity contribution in [3.63, 3.8) is 0 Å². The number of hydrogen-bond donors (Lipinski definition) is 2. The predicted octanol–water partition coefficient (Wildman–Crippen LogP) is -0.229. The van der Waals surface area contributed by atoms with Crippen molar-refractivity contribution in [3.05, 3.63) is 11.4 Å². The van der Waals surface area contributed by atoms with Crippen LogP contribution in [0.3, 0.4) is 0 Å². The van der Waals surface area contributed by atoms with Crippen LogP contribution in [0.2, 0.25) is 0 Å². The Hall–Kier alpha value is -1.03. The van der Waals surface area contributed by atoms with Gasteiger partial charge in [0.15, 0.2) is 0 Å².